The third-order valence-corrected chi connectivity index (χ3v) is 1.84. The summed E-state index contributed by atoms with van der Waals surface area (Å²) in [5, 5.41) is 0. The molecule has 96 valence electrons. The lowest BCUT2D eigenvalue weighted by Gasteiger charge is -2.14. The largest absolute Gasteiger partial charge is 0.472 e. The number of alkyl halides is 3. The standard InChI is InChI=1S/C10H13F3N2O2/c1-6(5-16-2)17-9-4-7(14)3-8(15-9)10(11,12)13/h3-4,6H,5H2,1-2H3,(H2,14,15). The molecule has 2 N–H and O–H groups in total. The van der Waals surface area contributed by atoms with Crippen molar-refractivity contribution in [2.75, 3.05) is 19.5 Å². The highest BCUT2D eigenvalue weighted by atomic mass is 19.4. The normalized spacial score (nSPS) is 13.5. The summed E-state index contributed by atoms with van der Waals surface area (Å²) in [6.07, 6.45) is -4.95. The number of nitrogens with two attached hydrogens (primary N) is 1. The molecule has 0 saturated carbocycles. The fraction of sp³-hybridized carbons (Fsp3) is 0.500. The van der Waals surface area contributed by atoms with Crippen molar-refractivity contribution < 1.29 is 22.6 Å². The summed E-state index contributed by atoms with van der Waals surface area (Å²) in [4.78, 5) is 3.34. The number of nitrogens with zero attached hydrogens (tertiary/aromatic N) is 1. The molecular weight excluding hydrogens is 237 g/mol. The lowest BCUT2D eigenvalue weighted by atomic mass is 10.3. The number of aromatic nitrogens is 1. The van der Waals surface area contributed by atoms with Gasteiger partial charge in [-0.15, -0.1) is 0 Å². The molecule has 1 aromatic rings. The van der Waals surface area contributed by atoms with E-state index in [1.165, 1.54) is 13.2 Å². The Kier molecular flexibility index (Phi) is 4.17. The molecule has 1 unspecified atom stereocenters. The maximum Gasteiger partial charge on any atom is 0.433 e. The summed E-state index contributed by atoms with van der Waals surface area (Å²) in [5.41, 5.74) is 4.23. The van der Waals surface area contributed by atoms with Crippen LogP contribution in [-0.2, 0) is 10.9 Å². The predicted octanol–water partition coefficient (Wildman–Crippen LogP) is 2.10. The van der Waals surface area contributed by atoms with Gasteiger partial charge in [0, 0.05) is 18.9 Å². The van der Waals surface area contributed by atoms with Crippen LogP contribution in [-0.4, -0.2) is 24.8 Å². The van der Waals surface area contributed by atoms with Gasteiger partial charge in [-0.1, -0.05) is 0 Å². The van der Waals surface area contributed by atoms with Crippen LogP contribution in [0.1, 0.15) is 12.6 Å². The molecule has 0 aliphatic rings. The minimum absolute atomic E-state index is 0.0491. The van der Waals surface area contributed by atoms with E-state index in [1.807, 2.05) is 0 Å². The van der Waals surface area contributed by atoms with Crippen LogP contribution in [0.5, 0.6) is 5.88 Å². The van der Waals surface area contributed by atoms with Crippen LogP contribution in [0.15, 0.2) is 12.1 Å². The van der Waals surface area contributed by atoms with E-state index in [0.717, 1.165) is 6.07 Å². The van der Waals surface area contributed by atoms with Crippen molar-refractivity contribution in [3.05, 3.63) is 17.8 Å². The van der Waals surface area contributed by atoms with Crippen LogP contribution >= 0.6 is 0 Å². The van der Waals surface area contributed by atoms with Crippen molar-refractivity contribution in [3.63, 3.8) is 0 Å². The van der Waals surface area contributed by atoms with Gasteiger partial charge in [0.05, 0.1) is 6.61 Å². The topological polar surface area (TPSA) is 57.4 Å². The number of rotatable bonds is 4. The fourth-order valence-corrected chi connectivity index (χ4v) is 1.21. The number of halogens is 3. The molecule has 1 atom stereocenters. The van der Waals surface area contributed by atoms with E-state index in [0.29, 0.717) is 0 Å². The minimum atomic E-state index is -4.54. The minimum Gasteiger partial charge on any atom is -0.472 e. The molecule has 0 aliphatic carbocycles. The van der Waals surface area contributed by atoms with Crippen LogP contribution in [0.2, 0.25) is 0 Å². The number of hydrogen-bond acceptors (Lipinski definition) is 4. The fourth-order valence-electron chi connectivity index (χ4n) is 1.21. The predicted molar refractivity (Wildman–Crippen MR) is 55.6 cm³/mol. The van der Waals surface area contributed by atoms with E-state index in [1.54, 1.807) is 6.92 Å². The van der Waals surface area contributed by atoms with Gasteiger partial charge in [0.25, 0.3) is 0 Å². The van der Waals surface area contributed by atoms with Crippen molar-refractivity contribution in [3.8, 4) is 5.88 Å². The number of methoxy groups -OCH3 is 1. The molecule has 17 heavy (non-hydrogen) atoms. The second-order valence-corrected chi connectivity index (χ2v) is 3.51. The van der Waals surface area contributed by atoms with E-state index >= 15 is 0 Å². The Morgan fingerprint density at radius 1 is 1.41 bits per heavy atom. The number of nitrogen functional groups attached to an aromatic ring is 1. The molecule has 0 spiro atoms. The highest BCUT2D eigenvalue weighted by molar-refractivity contribution is 5.43. The molecular formula is C10H13F3N2O2. The van der Waals surface area contributed by atoms with Gasteiger partial charge in [-0.05, 0) is 13.0 Å². The van der Waals surface area contributed by atoms with Gasteiger partial charge in [-0.2, -0.15) is 13.2 Å². The molecule has 1 heterocycles. The maximum atomic E-state index is 12.4. The zero-order chi connectivity index (χ0) is 13.1. The summed E-state index contributed by atoms with van der Waals surface area (Å²) >= 11 is 0. The molecule has 7 heteroatoms. The van der Waals surface area contributed by atoms with Gasteiger partial charge in [0.2, 0.25) is 5.88 Å². The van der Waals surface area contributed by atoms with Gasteiger partial charge in [-0.25, -0.2) is 4.98 Å². The molecule has 0 amide bonds. The van der Waals surface area contributed by atoms with Crippen molar-refractivity contribution in [1.29, 1.82) is 0 Å². The third-order valence-electron chi connectivity index (χ3n) is 1.84. The molecule has 0 radical (unpaired) electrons. The van der Waals surface area contributed by atoms with Crippen LogP contribution in [0.25, 0.3) is 0 Å². The number of pyridine rings is 1. The van der Waals surface area contributed by atoms with E-state index in [9.17, 15) is 13.2 Å². The van der Waals surface area contributed by atoms with Crippen molar-refractivity contribution in [2.45, 2.75) is 19.2 Å². The lowest BCUT2D eigenvalue weighted by molar-refractivity contribution is -0.141. The molecule has 0 fully saturated rings. The number of anilines is 1. The Balaban J connectivity index is 2.90. The molecule has 0 aliphatic heterocycles. The van der Waals surface area contributed by atoms with Gasteiger partial charge < -0.3 is 15.2 Å². The van der Waals surface area contributed by atoms with Crippen molar-refractivity contribution >= 4 is 5.69 Å². The number of hydrogen-bond donors (Lipinski definition) is 1. The first-order valence-electron chi connectivity index (χ1n) is 4.83. The van der Waals surface area contributed by atoms with Crippen LogP contribution < -0.4 is 10.5 Å². The van der Waals surface area contributed by atoms with Crippen LogP contribution in [0.3, 0.4) is 0 Å². The number of ether oxygens (including phenoxy) is 2. The summed E-state index contributed by atoms with van der Waals surface area (Å²) < 4.78 is 47.3. The molecule has 0 aromatic carbocycles. The van der Waals surface area contributed by atoms with Crippen molar-refractivity contribution in [1.82, 2.24) is 4.98 Å². The quantitative estimate of drug-likeness (QED) is 0.889. The van der Waals surface area contributed by atoms with Crippen LogP contribution in [0.4, 0.5) is 18.9 Å². The van der Waals surface area contributed by atoms with Gasteiger partial charge in [-0.3, -0.25) is 0 Å². The first kappa shape index (κ1) is 13.6. The van der Waals surface area contributed by atoms with Gasteiger partial charge >= 0.3 is 6.18 Å². The Labute approximate surface area is 96.5 Å². The summed E-state index contributed by atoms with van der Waals surface area (Å²) in [6.45, 7) is 1.90. The maximum absolute atomic E-state index is 12.4. The summed E-state index contributed by atoms with van der Waals surface area (Å²) in [7, 11) is 1.47. The molecule has 1 aromatic heterocycles. The van der Waals surface area contributed by atoms with Crippen molar-refractivity contribution in [2.24, 2.45) is 0 Å². The monoisotopic (exact) mass is 250 g/mol. The Bertz CT molecular complexity index is 382. The Morgan fingerprint density at radius 3 is 2.59 bits per heavy atom. The lowest BCUT2D eigenvalue weighted by Crippen LogP contribution is -2.19. The first-order valence-corrected chi connectivity index (χ1v) is 4.83. The molecule has 0 saturated heterocycles. The van der Waals surface area contributed by atoms with Crippen LogP contribution in [0, 0.1) is 0 Å². The van der Waals surface area contributed by atoms with Gasteiger partial charge in [0.15, 0.2) is 5.69 Å². The highest BCUT2D eigenvalue weighted by Gasteiger charge is 2.33. The molecule has 4 nitrogen and oxygen atoms in total. The average molecular weight is 250 g/mol. The summed E-state index contributed by atoms with van der Waals surface area (Å²) in [6, 6.07) is 2.00. The first-order chi connectivity index (χ1) is 7.82. The van der Waals surface area contributed by atoms with Gasteiger partial charge in [0.1, 0.15) is 6.10 Å². The zero-order valence-corrected chi connectivity index (χ0v) is 9.41. The zero-order valence-electron chi connectivity index (χ0n) is 9.41. The highest BCUT2D eigenvalue weighted by Crippen LogP contribution is 2.30. The SMILES string of the molecule is COCC(C)Oc1cc(N)cc(C(F)(F)F)n1. The second kappa shape index (κ2) is 5.22. The van der Waals surface area contributed by atoms with E-state index < -0.39 is 18.0 Å². The van der Waals surface area contributed by atoms with E-state index in [-0.39, 0.29) is 18.2 Å². The molecule has 0 bridgehead atoms. The molecule has 1 rings (SSSR count). The third kappa shape index (κ3) is 4.10. The van der Waals surface area contributed by atoms with E-state index in [4.69, 9.17) is 15.2 Å². The Hall–Kier alpha value is -1.50. The van der Waals surface area contributed by atoms with E-state index in [2.05, 4.69) is 4.98 Å². The smallest absolute Gasteiger partial charge is 0.433 e. The second-order valence-electron chi connectivity index (χ2n) is 3.51. The summed E-state index contributed by atoms with van der Waals surface area (Å²) in [5.74, 6) is -0.165. The Morgan fingerprint density at radius 2 is 2.06 bits per heavy atom. The average Bonchev–Trinajstić information content (AvgIpc) is 2.15.